The van der Waals surface area contributed by atoms with E-state index in [2.05, 4.69) is 34.2 Å². The molecule has 0 unspecified atom stereocenters. The summed E-state index contributed by atoms with van der Waals surface area (Å²) in [7, 11) is -0.827. The Labute approximate surface area is 73.4 Å². The highest BCUT2D eigenvalue weighted by Gasteiger charge is 2.28. The minimum Gasteiger partial charge on any atom is -0.0690 e. The summed E-state index contributed by atoms with van der Waals surface area (Å²) in [6.07, 6.45) is 2.78. The molecule has 0 fully saturated rings. The van der Waals surface area contributed by atoms with Crippen molar-refractivity contribution in [1.29, 1.82) is 0 Å². The first-order valence-corrected chi connectivity index (χ1v) is 8.06. The van der Waals surface area contributed by atoms with E-state index in [1.54, 1.807) is 0 Å². The molecule has 0 aliphatic carbocycles. The Kier molecular flexibility index (Phi) is 5.07. The second-order valence-electron chi connectivity index (χ2n) is 4.31. The van der Waals surface area contributed by atoms with Crippen molar-refractivity contribution in [2.75, 3.05) is 0 Å². The van der Waals surface area contributed by atoms with Gasteiger partial charge in [-0.2, -0.15) is 0 Å². The van der Waals surface area contributed by atoms with Crippen molar-refractivity contribution in [3.63, 3.8) is 0 Å². The minimum atomic E-state index is -0.827. The van der Waals surface area contributed by atoms with Crippen LogP contribution in [-0.2, 0) is 0 Å². The molecule has 0 rings (SSSR count). The van der Waals surface area contributed by atoms with Crippen LogP contribution in [0.2, 0.25) is 24.2 Å². The maximum atomic E-state index is 2.57. The molecule has 0 bridgehead atoms. The van der Waals surface area contributed by atoms with Crippen LogP contribution in [0.5, 0.6) is 0 Å². The van der Waals surface area contributed by atoms with Crippen molar-refractivity contribution in [3.05, 3.63) is 0 Å². The Morgan fingerprint density at radius 3 is 1.55 bits per heavy atom. The predicted octanol–water partition coefficient (Wildman–Crippen LogP) is 4.30. The lowest BCUT2D eigenvalue weighted by Gasteiger charge is -2.31. The molecule has 1 heteroatoms. The van der Waals surface area contributed by atoms with E-state index in [9.17, 15) is 0 Å². The first-order chi connectivity index (χ1) is 5.06. The summed E-state index contributed by atoms with van der Waals surface area (Å²) in [6, 6.07) is 3.05. The highest BCUT2D eigenvalue weighted by Crippen LogP contribution is 2.31. The monoisotopic (exact) mass is 172 g/mol. The summed E-state index contributed by atoms with van der Waals surface area (Å²) in [4.78, 5) is 0. The van der Waals surface area contributed by atoms with Gasteiger partial charge >= 0.3 is 0 Å². The molecule has 0 atom stereocenters. The van der Waals surface area contributed by atoms with E-state index in [0.29, 0.717) is 0 Å². The molecule has 0 heterocycles. The van der Waals surface area contributed by atoms with Crippen molar-refractivity contribution >= 4 is 8.07 Å². The van der Waals surface area contributed by atoms with Crippen LogP contribution in [0.1, 0.15) is 40.5 Å². The van der Waals surface area contributed by atoms with Gasteiger partial charge in [0, 0.05) is 0 Å². The lowest BCUT2D eigenvalue weighted by molar-refractivity contribution is 0.892. The Morgan fingerprint density at radius 2 is 1.36 bits per heavy atom. The largest absolute Gasteiger partial charge is 0.0690 e. The van der Waals surface area contributed by atoms with Crippen LogP contribution >= 0.6 is 0 Å². The summed E-state index contributed by atoms with van der Waals surface area (Å²) in [6.45, 7) is 12.0. The van der Waals surface area contributed by atoms with Gasteiger partial charge in [0.1, 0.15) is 0 Å². The summed E-state index contributed by atoms with van der Waals surface area (Å²) in [5.74, 6) is 0. The van der Waals surface area contributed by atoms with E-state index in [1.165, 1.54) is 24.9 Å². The zero-order valence-corrected chi connectivity index (χ0v) is 9.91. The number of hydrogen-bond acceptors (Lipinski definition) is 0. The van der Waals surface area contributed by atoms with Crippen LogP contribution in [0, 0.1) is 0 Å². The fraction of sp³-hybridized carbons (Fsp3) is 1.00. The molecule has 0 radical (unpaired) electrons. The van der Waals surface area contributed by atoms with Crippen LogP contribution in [0.25, 0.3) is 0 Å². The fourth-order valence-electron chi connectivity index (χ4n) is 1.84. The van der Waals surface area contributed by atoms with E-state index in [1.807, 2.05) is 0 Å². The van der Waals surface area contributed by atoms with Gasteiger partial charge in [-0.3, -0.25) is 0 Å². The third-order valence-electron chi connectivity index (χ3n) is 3.04. The molecule has 0 aliphatic heterocycles. The lowest BCUT2D eigenvalue weighted by atomic mass is 10.5. The zero-order chi connectivity index (χ0) is 8.91. The summed E-state index contributed by atoms with van der Waals surface area (Å²) in [5.41, 5.74) is 0.974. The third-order valence-corrected chi connectivity index (χ3v) is 9.11. The van der Waals surface area contributed by atoms with Crippen LogP contribution < -0.4 is 0 Å². The number of hydrogen-bond donors (Lipinski definition) is 0. The molecular weight excluding hydrogens is 148 g/mol. The van der Waals surface area contributed by atoms with E-state index < -0.39 is 8.07 Å². The van der Waals surface area contributed by atoms with Gasteiger partial charge in [-0.05, 0) is 0 Å². The molecule has 0 nitrogen and oxygen atoms in total. The second-order valence-corrected chi connectivity index (χ2v) is 9.77. The van der Waals surface area contributed by atoms with E-state index in [4.69, 9.17) is 0 Å². The van der Waals surface area contributed by atoms with Crippen molar-refractivity contribution in [1.82, 2.24) is 0 Å². The minimum absolute atomic E-state index is 0.827. The molecule has 0 aliphatic rings. The SMILES string of the molecule is CCC[Si](C)(CCC)C(C)C. The summed E-state index contributed by atoms with van der Waals surface area (Å²) >= 11 is 0. The van der Waals surface area contributed by atoms with Gasteiger partial charge in [-0.25, -0.2) is 0 Å². The Morgan fingerprint density at radius 1 is 1.00 bits per heavy atom. The first kappa shape index (κ1) is 11.2. The third kappa shape index (κ3) is 3.41. The highest BCUT2D eigenvalue weighted by atomic mass is 28.3. The predicted molar refractivity (Wildman–Crippen MR) is 56.9 cm³/mol. The summed E-state index contributed by atoms with van der Waals surface area (Å²) < 4.78 is 0. The molecule has 0 aromatic rings. The molecule has 0 spiro atoms. The standard InChI is InChI=1S/C10H24Si/c1-6-8-11(5,9-7-2)10(3)4/h10H,6-9H2,1-5H3. The Hall–Kier alpha value is 0.217. The summed E-state index contributed by atoms with van der Waals surface area (Å²) in [5, 5.41) is 0. The van der Waals surface area contributed by atoms with E-state index in [-0.39, 0.29) is 0 Å². The fourth-order valence-corrected chi connectivity index (χ4v) is 5.53. The van der Waals surface area contributed by atoms with Crippen LogP contribution in [0.4, 0.5) is 0 Å². The highest BCUT2D eigenvalue weighted by molar-refractivity contribution is 6.79. The van der Waals surface area contributed by atoms with E-state index in [0.717, 1.165) is 5.54 Å². The molecule has 0 amide bonds. The van der Waals surface area contributed by atoms with Gasteiger partial charge in [0.25, 0.3) is 0 Å². The van der Waals surface area contributed by atoms with Crippen molar-refractivity contribution in [2.24, 2.45) is 0 Å². The molecule has 0 N–H and O–H groups in total. The Bertz CT molecular complexity index is 91.0. The molecule has 68 valence electrons. The average Bonchev–Trinajstić information content (AvgIpc) is 1.88. The second kappa shape index (κ2) is 4.97. The maximum Gasteiger partial charge on any atom is 0.0530 e. The topological polar surface area (TPSA) is 0 Å². The normalized spacial score (nSPS) is 12.5. The van der Waals surface area contributed by atoms with Crippen LogP contribution in [0.3, 0.4) is 0 Å². The molecule has 11 heavy (non-hydrogen) atoms. The van der Waals surface area contributed by atoms with Gasteiger partial charge in [0.05, 0.1) is 8.07 Å². The van der Waals surface area contributed by atoms with Gasteiger partial charge < -0.3 is 0 Å². The molecular formula is C10H24Si. The van der Waals surface area contributed by atoms with Gasteiger partial charge in [0.2, 0.25) is 0 Å². The van der Waals surface area contributed by atoms with Gasteiger partial charge in [-0.1, -0.05) is 64.7 Å². The first-order valence-electron chi connectivity index (χ1n) is 5.06. The smallest absolute Gasteiger partial charge is 0.0530 e. The Balaban J connectivity index is 4.01. The van der Waals surface area contributed by atoms with Crippen molar-refractivity contribution in [3.8, 4) is 0 Å². The zero-order valence-electron chi connectivity index (χ0n) is 8.91. The molecule has 0 aromatic carbocycles. The molecule has 0 aromatic heterocycles. The van der Waals surface area contributed by atoms with Gasteiger partial charge in [-0.15, -0.1) is 0 Å². The maximum absolute atomic E-state index is 2.57. The van der Waals surface area contributed by atoms with Crippen molar-refractivity contribution < 1.29 is 0 Å². The molecule has 0 saturated heterocycles. The van der Waals surface area contributed by atoms with E-state index >= 15 is 0 Å². The lowest BCUT2D eigenvalue weighted by Crippen LogP contribution is -2.32. The van der Waals surface area contributed by atoms with Crippen molar-refractivity contribution in [2.45, 2.75) is 64.7 Å². The number of rotatable bonds is 5. The van der Waals surface area contributed by atoms with Gasteiger partial charge in [0.15, 0.2) is 0 Å². The molecule has 0 saturated carbocycles. The quantitative estimate of drug-likeness (QED) is 0.543. The average molecular weight is 172 g/mol. The van der Waals surface area contributed by atoms with Crippen LogP contribution in [0.15, 0.2) is 0 Å². The van der Waals surface area contributed by atoms with Crippen LogP contribution in [-0.4, -0.2) is 8.07 Å².